The van der Waals surface area contributed by atoms with Gasteiger partial charge in [0.05, 0.1) is 30.0 Å². The fraction of sp³-hybridized carbons (Fsp3) is 0.125. The summed E-state index contributed by atoms with van der Waals surface area (Å²) in [5, 5.41) is 10.2. The van der Waals surface area contributed by atoms with Crippen molar-refractivity contribution >= 4 is 41.1 Å². The highest BCUT2D eigenvalue weighted by molar-refractivity contribution is 6.42. The molecule has 2 aromatic carbocycles. The fourth-order valence-electron chi connectivity index (χ4n) is 1.98. The number of carboxylic acid groups (broad SMARTS) is 1. The van der Waals surface area contributed by atoms with Gasteiger partial charge in [-0.25, -0.2) is 4.79 Å². The van der Waals surface area contributed by atoms with Gasteiger partial charge in [-0.1, -0.05) is 23.2 Å². The molecule has 0 aliphatic heterocycles. The molecule has 0 aliphatic rings. The number of carboxylic acids is 1. The van der Waals surface area contributed by atoms with Gasteiger partial charge in [0.1, 0.15) is 5.56 Å². The van der Waals surface area contributed by atoms with Crippen LogP contribution >= 0.6 is 23.2 Å². The summed E-state index contributed by atoms with van der Waals surface area (Å²) in [6.45, 7) is 0. The van der Waals surface area contributed by atoms with Crippen LogP contribution in [-0.4, -0.2) is 31.5 Å². The Morgan fingerprint density at radius 1 is 1.13 bits per heavy atom. The number of nitrogens with zero attached hydrogens (tertiary/aromatic N) is 1. The zero-order chi connectivity index (χ0) is 17.0. The van der Waals surface area contributed by atoms with Gasteiger partial charge < -0.3 is 14.6 Å². The van der Waals surface area contributed by atoms with E-state index in [1.54, 1.807) is 30.3 Å². The molecule has 0 radical (unpaired) electrons. The fourth-order valence-corrected chi connectivity index (χ4v) is 2.27. The lowest BCUT2D eigenvalue weighted by Gasteiger charge is -2.12. The molecule has 0 amide bonds. The average molecular weight is 354 g/mol. The van der Waals surface area contributed by atoms with Crippen LogP contribution in [0.15, 0.2) is 35.3 Å². The van der Waals surface area contributed by atoms with E-state index in [0.717, 1.165) is 0 Å². The Bertz CT molecular complexity index is 775. The highest BCUT2D eigenvalue weighted by Gasteiger charge is 2.19. The molecule has 0 aromatic heterocycles. The van der Waals surface area contributed by atoms with Crippen LogP contribution in [-0.2, 0) is 0 Å². The zero-order valence-corrected chi connectivity index (χ0v) is 13.9. The van der Waals surface area contributed by atoms with E-state index in [1.807, 2.05) is 0 Å². The monoisotopic (exact) mass is 353 g/mol. The predicted octanol–water partition coefficient (Wildman–Crippen LogP) is 4.46. The van der Waals surface area contributed by atoms with E-state index in [9.17, 15) is 9.90 Å². The van der Waals surface area contributed by atoms with E-state index >= 15 is 0 Å². The number of carbonyl (C=O) groups is 1. The molecule has 120 valence electrons. The summed E-state index contributed by atoms with van der Waals surface area (Å²) in [6, 6.07) is 8.07. The Hall–Kier alpha value is -2.24. The molecule has 5 nitrogen and oxygen atoms in total. The van der Waals surface area contributed by atoms with E-state index in [0.29, 0.717) is 27.0 Å². The zero-order valence-electron chi connectivity index (χ0n) is 12.3. The number of ether oxygens (including phenoxy) is 2. The van der Waals surface area contributed by atoms with E-state index in [2.05, 4.69) is 4.99 Å². The third-order valence-electron chi connectivity index (χ3n) is 3.05. The SMILES string of the molecule is COc1ccc(C=Nc2ccc(Cl)c(Cl)c2)c(C(=O)O)c1OC. The third-order valence-corrected chi connectivity index (χ3v) is 3.79. The number of hydrogen-bond acceptors (Lipinski definition) is 4. The summed E-state index contributed by atoms with van der Waals surface area (Å²) in [5.74, 6) is -0.675. The maximum atomic E-state index is 11.5. The average Bonchev–Trinajstić information content (AvgIpc) is 2.54. The van der Waals surface area contributed by atoms with Gasteiger partial charge in [-0.15, -0.1) is 0 Å². The lowest BCUT2D eigenvalue weighted by atomic mass is 10.1. The van der Waals surface area contributed by atoms with Crippen molar-refractivity contribution in [2.75, 3.05) is 14.2 Å². The highest BCUT2D eigenvalue weighted by atomic mass is 35.5. The molecule has 1 N–H and O–H groups in total. The minimum Gasteiger partial charge on any atom is -0.493 e. The van der Waals surface area contributed by atoms with Crippen LogP contribution in [0.4, 0.5) is 5.69 Å². The maximum Gasteiger partial charge on any atom is 0.340 e. The van der Waals surface area contributed by atoms with Gasteiger partial charge in [-0.3, -0.25) is 4.99 Å². The molecule has 0 fully saturated rings. The van der Waals surface area contributed by atoms with Crippen molar-refractivity contribution in [1.29, 1.82) is 0 Å². The first-order valence-corrected chi connectivity index (χ1v) is 7.21. The lowest BCUT2D eigenvalue weighted by molar-refractivity contribution is 0.0692. The Kier molecular flexibility index (Phi) is 5.47. The standard InChI is InChI=1S/C16H13Cl2NO4/c1-22-13-6-3-9(14(16(20)21)15(13)23-2)8-19-10-4-5-11(17)12(18)7-10/h3-8H,1-2H3,(H,20,21). The molecule has 0 spiro atoms. The topological polar surface area (TPSA) is 68.1 Å². The second-order valence-corrected chi connectivity index (χ2v) is 5.24. The van der Waals surface area contributed by atoms with Crippen LogP contribution in [0.5, 0.6) is 11.5 Å². The summed E-state index contributed by atoms with van der Waals surface area (Å²) in [5.41, 5.74) is 0.891. The Morgan fingerprint density at radius 3 is 2.43 bits per heavy atom. The highest BCUT2D eigenvalue weighted by Crippen LogP contribution is 2.33. The first kappa shape index (κ1) is 17.1. The van der Waals surface area contributed by atoms with Crippen LogP contribution in [0.25, 0.3) is 0 Å². The minimum absolute atomic E-state index is 0.0318. The minimum atomic E-state index is -1.14. The molecule has 0 heterocycles. The molecule has 0 aliphatic carbocycles. The van der Waals surface area contributed by atoms with Gasteiger partial charge in [-0.05, 0) is 30.3 Å². The van der Waals surface area contributed by atoms with Crippen molar-refractivity contribution in [1.82, 2.24) is 0 Å². The van der Waals surface area contributed by atoms with E-state index in [-0.39, 0.29) is 11.3 Å². The second kappa shape index (κ2) is 7.35. The molecule has 2 aromatic rings. The quantitative estimate of drug-likeness (QED) is 0.805. The summed E-state index contributed by atoms with van der Waals surface area (Å²) in [6.07, 6.45) is 1.42. The first-order chi connectivity index (χ1) is 11.0. The normalized spacial score (nSPS) is 10.8. The summed E-state index contributed by atoms with van der Waals surface area (Å²) in [7, 11) is 2.82. The van der Waals surface area contributed by atoms with Crippen molar-refractivity contribution in [3.05, 3.63) is 51.5 Å². The van der Waals surface area contributed by atoms with Gasteiger partial charge in [0.15, 0.2) is 11.5 Å². The van der Waals surface area contributed by atoms with Crippen molar-refractivity contribution in [2.24, 2.45) is 4.99 Å². The number of hydrogen-bond donors (Lipinski definition) is 1. The maximum absolute atomic E-state index is 11.5. The predicted molar refractivity (Wildman–Crippen MR) is 90.2 cm³/mol. The first-order valence-electron chi connectivity index (χ1n) is 6.45. The number of benzene rings is 2. The Morgan fingerprint density at radius 2 is 1.87 bits per heavy atom. The number of rotatable bonds is 5. The van der Waals surface area contributed by atoms with Crippen molar-refractivity contribution < 1.29 is 19.4 Å². The lowest BCUT2D eigenvalue weighted by Crippen LogP contribution is -2.06. The van der Waals surface area contributed by atoms with Crippen LogP contribution in [0, 0.1) is 0 Å². The molecule has 0 atom stereocenters. The van der Waals surface area contributed by atoms with Crippen molar-refractivity contribution in [3.63, 3.8) is 0 Å². The molecule has 0 unspecified atom stereocenters. The van der Waals surface area contributed by atoms with Crippen LogP contribution in [0.2, 0.25) is 10.0 Å². The van der Waals surface area contributed by atoms with Gasteiger partial charge in [0, 0.05) is 11.8 Å². The molecule has 0 saturated carbocycles. The summed E-state index contributed by atoms with van der Waals surface area (Å²) >= 11 is 11.8. The third kappa shape index (κ3) is 3.75. The molecule has 7 heteroatoms. The number of aromatic carboxylic acids is 1. The Balaban J connectivity index is 2.48. The van der Waals surface area contributed by atoms with Crippen LogP contribution < -0.4 is 9.47 Å². The van der Waals surface area contributed by atoms with E-state index in [4.69, 9.17) is 32.7 Å². The molecular weight excluding hydrogens is 341 g/mol. The molecule has 0 saturated heterocycles. The number of aliphatic imine (C=N–C) groups is 1. The van der Waals surface area contributed by atoms with Crippen molar-refractivity contribution in [3.8, 4) is 11.5 Å². The van der Waals surface area contributed by atoms with Crippen LogP contribution in [0.1, 0.15) is 15.9 Å². The summed E-state index contributed by atoms with van der Waals surface area (Å²) < 4.78 is 10.3. The van der Waals surface area contributed by atoms with Crippen molar-refractivity contribution in [2.45, 2.75) is 0 Å². The molecule has 0 bridgehead atoms. The number of methoxy groups -OCH3 is 2. The van der Waals surface area contributed by atoms with Gasteiger partial charge in [0.25, 0.3) is 0 Å². The largest absolute Gasteiger partial charge is 0.493 e. The van der Waals surface area contributed by atoms with Gasteiger partial charge in [0.2, 0.25) is 0 Å². The van der Waals surface area contributed by atoms with Gasteiger partial charge >= 0.3 is 5.97 Å². The van der Waals surface area contributed by atoms with E-state index < -0.39 is 5.97 Å². The second-order valence-electron chi connectivity index (χ2n) is 4.43. The Labute approximate surface area is 143 Å². The smallest absolute Gasteiger partial charge is 0.340 e. The van der Waals surface area contributed by atoms with E-state index in [1.165, 1.54) is 20.4 Å². The summed E-state index contributed by atoms with van der Waals surface area (Å²) in [4.78, 5) is 15.8. The molecular formula is C16H13Cl2NO4. The molecule has 2 rings (SSSR count). The number of halogens is 2. The molecule has 23 heavy (non-hydrogen) atoms. The van der Waals surface area contributed by atoms with Gasteiger partial charge in [-0.2, -0.15) is 0 Å². The van der Waals surface area contributed by atoms with Crippen LogP contribution in [0.3, 0.4) is 0 Å².